The van der Waals surface area contributed by atoms with Gasteiger partial charge in [-0.15, -0.1) is 0 Å². The second kappa shape index (κ2) is 8.09. The Balaban J connectivity index is 1.60. The summed E-state index contributed by atoms with van der Waals surface area (Å²) in [7, 11) is -3.04. The van der Waals surface area contributed by atoms with E-state index >= 15 is 0 Å². The molecule has 7 nitrogen and oxygen atoms in total. The third-order valence-corrected chi connectivity index (χ3v) is 7.01. The fourth-order valence-corrected chi connectivity index (χ4v) is 4.91. The number of rotatable bonds is 4. The first-order valence-electron chi connectivity index (χ1n) is 10.3. The van der Waals surface area contributed by atoms with Gasteiger partial charge in [0.1, 0.15) is 11.6 Å². The molecule has 1 amide bonds. The van der Waals surface area contributed by atoms with E-state index in [4.69, 9.17) is 4.42 Å². The van der Waals surface area contributed by atoms with Crippen LogP contribution in [0.25, 0.3) is 11.1 Å². The van der Waals surface area contributed by atoms with Gasteiger partial charge < -0.3 is 9.73 Å². The summed E-state index contributed by atoms with van der Waals surface area (Å²) < 4.78 is 29.6. The van der Waals surface area contributed by atoms with Crippen LogP contribution in [0.2, 0.25) is 0 Å². The number of hydrogen-bond acceptors (Lipinski definition) is 6. The maximum Gasteiger partial charge on any atom is 0.246 e. The number of oxazole rings is 1. The van der Waals surface area contributed by atoms with Gasteiger partial charge in [-0.25, -0.2) is 13.4 Å². The molecule has 1 aliphatic rings. The highest BCUT2D eigenvalue weighted by Crippen LogP contribution is 2.29. The average Bonchev–Trinajstić information content (AvgIpc) is 3.14. The van der Waals surface area contributed by atoms with Crippen molar-refractivity contribution in [2.75, 3.05) is 29.9 Å². The summed E-state index contributed by atoms with van der Waals surface area (Å²) in [4.78, 5) is 19.8. The van der Waals surface area contributed by atoms with Crippen molar-refractivity contribution in [3.63, 3.8) is 0 Å². The number of carbonyl (C=O) groups excluding carboxylic acids is 1. The van der Waals surface area contributed by atoms with E-state index in [1.54, 1.807) is 18.2 Å². The van der Waals surface area contributed by atoms with Crippen molar-refractivity contribution in [1.82, 2.24) is 9.88 Å². The Bertz CT molecular complexity index is 1180. The zero-order chi connectivity index (χ0) is 22.2. The second-order valence-electron chi connectivity index (χ2n) is 8.94. The van der Waals surface area contributed by atoms with E-state index in [0.717, 1.165) is 5.56 Å². The van der Waals surface area contributed by atoms with Crippen molar-refractivity contribution in [1.29, 1.82) is 0 Å². The highest BCUT2D eigenvalue weighted by Gasteiger charge is 2.32. The molecule has 0 aliphatic carbocycles. The molecular formula is C23H27N3O4S. The lowest BCUT2D eigenvalue weighted by atomic mass is 9.97. The smallest absolute Gasteiger partial charge is 0.246 e. The number of nitrogens with zero attached hydrogens (tertiary/aromatic N) is 2. The fourth-order valence-electron chi connectivity index (χ4n) is 3.68. The monoisotopic (exact) mass is 441 g/mol. The average molecular weight is 442 g/mol. The normalized spacial score (nSPS) is 18.0. The molecule has 2 aromatic carbocycles. The molecule has 4 rings (SSSR count). The van der Waals surface area contributed by atoms with Crippen molar-refractivity contribution in [2.24, 2.45) is 0 Å². The molecular weight excluding hydrogens is 414 g/mol. The molecule has 1 atom stereocenters. The van der Waals surface area contributed by atoms with Gasteiger partial charge in [0.05, 0.1) is 11.5 Å². The number of fused-ring (bicyclic) bond motifs is 1. The van der Waals surface area contributed by atoms with E-state index in [1.165, 1.54) is 0 Å². The fraction of sp³-hybridized carbons (Fsp3) is 0.391. The quantitative estimate of drug-likeness (QED) is 0.666. The molecule has 1 aliphatic heterocycles. The van der Waals surface area contributed by atoms with Crippen molar-refractivity contribution < 1.29 is 17.6 Å². The zero-order valence-corrected chi connectivity index (χ0v) is 18.8. The van der Waals surface area contributed by atoms with E-state index in [9.17, 15) is 13.2 Å². The Morgan fingerprint density at radius 3 is 2.42 bits per heavy atom. The largest absolute Gasteiger partial charge is 0.440 e. The van der Waals surface area contributed by atoms with Gasteiger partial charge in [0, 0.05) is 24.2 Å². The van der Waals surface area contributed by atoms with Gasteiger partial charge in [0.25, 0.3) is 0 Å². The van der Waals surface area contributed by atoms with Crippen LogP contribution in [0.15, 0.2) is 52.9 Å². The van der Waals surface area contributed by atoms with Gasteiger partial charge in [0.15, 0.2) is 15.4 Å². The van der Waals surface area contributed by atoms with Crippen LogP contribution < -0.4 is 5.32 Å². The maximum absolute atomic E-state index is 13.3. The van der Waals surface area contributed by atoms with Crippen LogP contribution in [0, 0.1) is 0 Å². The van der Waals surface area contributed by atoms with Crippen molar-refractivity contribution in [2.45, 2.75) is 32.2 Å². The predicted molar refractivity (Wildman–Crippen MR) is 121 cm³/mol. The molecule has 1 saturated heterocycles. The van der Waals surface area contributed by atoms with E-state index in [2.05, 4.69) is 10.3 Å². The maximum atomic E-state index is 13.3. The first kappa shape index (κ1) is 21.5. The van der Waals surface area contributed by atoms with Crippen LogP contribution in [-0.2, 0) is 20.0 Å². The van der Waals surface area contributed by atoms with Crippen LogP contribution in [-0.4, -0.2) is 48.8 Å². The third-order valence-electron chi connectivity index (χ3n) is 5.40. The predicted octanol–water partition coefficient (Wildman–Crippen LogP) is 3.54. The Hall–Kier alpha value is -2.71. The molecule has 0 radical (unpaired) electrons. The van der Waals surface area contributed by atoms with E-state index in [-0.39, 0.29) is 22.8 Å². The summed E-state index contributed by atoms with van der Waals surface area (Å²) in [6.07, 6.45) is 0. The number of carbonyl (C=O) groups is 1. The number of hydrogen-bond donors (Lipinski definition) is 1. The number of anilines is 1. The van der Waals surface area contributed by atoms with Crippen molar-refractivity contribution in [3.8, 4) is 0 Å². The standard InChI is InChI=1S/C23H27N3O4S/c1-23(2,3)22-25-18-15-17(9-10-19(18)30-22)24-21(27)20(16-7-5-4-6-8-16)26-11-13-31(28,29)14-12-26/h4-10,15,20H,11-14H2,1-3H3,(H,24,27). The SMILES string of the molecule is CC(C)(C)c1nc2cc(NC(=O)C(c3ccccc3)N3CCS(=O)(=O)CC3)ccc2o1. The summed E-state index contributed by atoms with van der Waals surface area (Å²) >= 11 is 0. The second-order valence-corrected chi connectivity index (χ2v) is 11.2. The lowest BCUT2D eigenvalue weighted by Crippen LogP contribution is -2.46. The number of nitrogens with one attached hydrogen (secondary N) is 1. The highest BCUT2D eigenvalue weighted by atomic mass is 32.2. The van der Waals surface area contributed by atoms with E-state index in [0.29, 0.717) is 35.8 Å². The van der Waals surface area contributed by atoms with Crippen LogP contribution in [0.4, 0.5) is 5.69 Å². The van der Waals surface area contributed by atoms with E-state index < -0.39 is 15.9 Å². The summed E-state index contributed by atoms with van der Waals surface area (Å²) in [6.45, 7) is 6.75. The van der Waals surface area contributed by atoms with Crippen LogP contribution in [0.1, 0.15) is 38.3 Å². The minimum atomic E-state index is -3.04. The number of amides is 1. The van der Waals surface area contributed by atoms with Crippen molar-refractivity contribution in [3.05, 3.63) is 60.0 Å². The molecule has 31 heavy (non-hydrogen) atoms. The van der Waals surface area contributed by atoms with Crippen LogP contribution in [0.3, 0.4) is 0 Å². The molecule has 164 valence electrons. The van der Waals surface area contributed by atoms with Gasteiger partial charge >= 0.3 is 0 Å². The molecule has 1 N–H and O–H groups in total. The Morgan fingerprint density at radius 2 is 1.77 bits per heavy atom. The van der Waals surface area contributed by atoms with Gasteiger partial charge in [-0.3, -0.25) is 9.69 Å². The molecule has 1 fully saturated rings. The summed E-state index contributed by atoms with van der Waals surface area (Å²) in [5.41, 5.74) is 2.59. The molecule has 0 saturated carbocycles. The first-order chi connectivity index (χ1) is 14.6. The summed E-state index contributed by atoms with van der Waals surface area (Å²) in [5, 5.41) is 2.99. The van der Waals surface area contributed by atoms with Gasteiger partial charge in [-0.2, -0.15) is 0 Å². The summed E-state index contributed by atoms with van der Waals surface area (Å²) in [6, 6.07) is 14.3. The lowest BCUT2D eigenvalue weighted by Gasteiger charge is -2.33. The molecule has 0 spiro atoms. The Labute approximate surface area is 182 Å². The minimum Gasteiger partial charge on any atom is -0.440 e. The Kier molecular flexibility index (Phi) is 5.61. The van der Waals surface area contributed by atoms with Gasteiger partial charge in [-0.1, -0.05) is 51.1 Å². The number of aromatic nitrogens is 1. The lowest BCUT2D eigenvalue weighted by molar-refractivity contribution is -0.121. The number of sulfone groups is 1. The van der Waals surface area contributed by atoms with Gasteiger partial charge in [-0.05, 0) is 23.8 Å². The minimum absolute atomic E-state index is 0.0596. The van der Waals surface area contributed by atoms with Crippen LogP contribution >= 0.6 is 0 Å². The first-order valence-corrected chi connectivity index (χ1v) is 12.2. The van der Waals surface area contributed by atoms with E-state index in [1.807, 2.05) is 56.0 Å². The molecule has 1 unspecified atom stereocenters. The van der Waals surface area contributed by atoms with Crippen molar-refractivity contribution >= 4 is 32.5 Å². The molecule has 1 aromatic heterocycles. The third kappa shape index (κ3) is 4.80. The molecule has 8 heteroatoms. The Morgan fingerprint density at radius 1 is 1.10 bits per heavy atom. The summed E-state index contributed by atoms with van der Waals surface area (Å²) in [5.74, 6) is 0.556. The molecule has 3 aromatic rings. The van der Waals surface area contributed by atoms with Gasteiger partial charge in [0.2, 0.25) is 11.8 Å². The highest BCUT2D eigenvalue weighted by molar-refractivity contribution is 7.91. The molecule has 0 bridgehead atoms. The zero-order valence-electron chi connectivity index (χ0n) is 18.0. The number of benzene rings is 2. The molecule has 2 heterocycles. The topological polar surface area (TPSA) is 92.5 Å². The van der Waals surface area contributed by atoms with Crippen LogP contribution in [0.5, 0.6) is 0 Å².